The van der Waals surface area contributed by atoms with E-state index in [2.05, 4.69) is 0 Å². The third-order valence-electron chi connectivity index (χ3n) is 5.79. The van der Waals surface area contributed by atoms with E-state index in [0.29, 0.717) is 54.7 Å². The molecular formula is C18H23ClN2O3S. The average molecular weight is 383 g/mol. The number of carbonyl (C=O) groups excluding carboxylic acids is 2. The van der Waals surface area contributed by atoms with Gasteiger partial charge in [-0.25, -0.2) is 0 Å². The van der Waals surface area contributed by atoms with Gasteiger partial charge in [0.25, 0.3) is 5.91 Å². The number of rotatable bonds is 3. The van der Waals surface area contributed by atoms with E-state index in [4.69, 9.17) is 11.6 Å². The molecule has 1 atom stereocenters. The van der Waals surface area contributed by atoms with Gasteiger partial charge in [0, 0.05) is 26.2 Å². The minimum absolute atomic E-state index is 0.0477. The fraction of sp³-hybridized carbons (Fsp3) is 0.667. The minimum atomic E-state index is -0.497. The number of amides is 2. The molecule has 0 aromatic carbocycles. The summed E-state index contributed by atoms with van der Waals surface area (Å²) in [6.45, 7) is 2.33. The molecule has 1 aliphatic carbocycles. The van der Waals surface area contributed by atoms with Crippen LogP contribution in [0.1, 0.15) is 41.8 Å². The summed E-state index contributed by atoms with van der Waals surface area (Å²) in [7, 11) is 0. The Hall–Kier alpha value is -1.11. The van der Waals surface area contributed by atoms with Gasteiger partial charge in [-0.3, -0.25) is 9.59 Å². The van der Waals surface area contributed by atoms with Crippen molar-refractivity contribution >= 4 is 34.8 Å². The molecule has 0 radical (unpaired) electrons. The predicted molar refractivity (Wildman–Crippen MR) is 96.8 cm³/mol. The van der Waals surface area contributed by atoms with Crippen molar-refractivity contribution in [3.05, 3.63) is 21.3 Å². The van der Waals surface area contributed by atoms with E-state index in [0.717, 1.165) is 6.54 Å². The molecule has 136 valence electrons. The van der Waals surface area contributed by atoms with E-state index in [-0.39, 0.29) is 11.8 Å². The largest absolute Gasteiger partial charge is 0.391 e. The van der Waals surface area contributed by atoms with Gasteiger partial charge in [-0.2, -0.15) is 0 Å². The van der Waals surface area contributed by atoms with Crippen LogP contribution >= 0.6 is 22.9 Å². The zero-order valence-corrected chi connectivity index (χ0v) is 15.7. The smallest absolute Gasteiger partial charge is 0.265 e. The van der Waals surface area contributed by atoms with Crippen LogP contribution in [-0.4, -0.2) is 59.0 Å². The number of likely N-dealkylation sites (tertiary alicyclic amines) is 2. The molecule has 2 amide bonds. The Labute approximate surface area is 156 Å². The van der Waals surface area contributed by atoms with Crippen LogP contribution in [0.5, 0.6) is 0 Å². The molecule has 3 fully saturated rings. The summed E-state index contributed by atoms with van der Waals surface area (Å²) < 4.78 is 0. The van der Waals surface area contributed by atoms with Crippen LogP contribution < -0.4 is 0 Å². The van der Waals surface area contributed by atoms with Crippen molar-refractivity contribution in [2.24, 2.45) is 11.3 Å². The van der Waals surface area contributed by atoms with Crippen molar-refractivity contribution in [1.29, 1.82) is 0 Å². The molecule has 1 N–H and O–H groups in total. The molecule has 1 saturated carbocycles. The number of carbonyl (C=O) groups is 2. The van der Waals surface area contributed by atoms with Crippen molar-refractivity contribution in [1.82, 2.24) is 9.80 Å². The lowest BCUT2D eigenvalue weighted by molar-refractivity contribution is -0.156. The average Bonchev–Trinajstić information content (AvgIpc) is 3.30. The zero-order chi connectivity index (χ0) is 17.6. The highest BCUT2D eigenvalue weighted by Gasteiger charge is 2.49. The molecule has 3 heterocycles. The van der Waals surface area contributed by atoms with E-state index in [1.54, 1.807) is 11.0 Å². The maximum atomic E-state index is 13.1. The normalized spacial score (nSPS) is 26.3. The molecule has 3 aliphatic rings. The second-order valence-electron chi connectivity index (χ2n) is 7.68. The number of aliphatic hydroxyl groups is 1. The molecule has 5 nitrogen and oxygen atoms in total. The number of nitrogens with zero attached hydrogens (tertiary/aromatic N) is 2. The second kappa shape index (κ2) is 6.56. The minimum Gasteiger partial charge on any atom is -0.391 e. The molecule has 1 unspecified atom stereocenters. The monoisotopic (exact) mass is 382 g/mol. The molecule has 25 heavy (non-hydrogen) atoms. The molecule has 1 aromatic rings. The second-order valence-corrected chi connectivity index (χ2v) is 9.00. The molecule has 1 aromatic heterocycles. The lowest BCUT2D eigenvalue weighted by Crippen LogP contribution is -2.58. The highest BCUT2D eigenvalue weighted by Crippen LogP contribution is 2.43. The molecule has 0 bridgehead atoms. The van der Waals surface area contributed by atoms with Crippen LogP contribution in [0, 0.1) is 11.3 Å². The number of piperidine rings is 2. The topological polar surface area (TPSA) is 60.9 Å². The van der Waals surface area contributed by atoms with E-state index < -0.39 is 11.5 Å². The van der Waals surface area contributed by atoms with E-state index in [1.165, 1.54) is 24.2 Å². The van der Waals surface area contributed by atoms with Gasteiger partial charge in [0.2, 0.25) is 5.91 Å². The van der Waals surface area contributed by atoms with Crippen LogP contribution in [0.25, 0.3) is 0 Å². The number of aliphatic hydroxyl groups excluding tert-OH is 1. The fourth-order valence-electron chi connectivity index (χ4n) is 4.19. The van der Waals surface area contributed by atoms with Crippen LogP contribution in [0.2, 0.25) is 5.02 Å². The predicted octanol–water partition coefficient (Wildman–Crippen LogP) is 2.63. The van der Waals surface area contributed by atoms with Gasteiger partial charge in [0.05, 0.1) is 16.5 Å². The van der Waals surface area contributed by atoms with Gasteiger partial charge >= 0.3 is 0 Å². The lowest BCUT2D eigenvalue weighted by Gasteiger charge is -2.48. The Morgan fingerprint density at radius 2 is 2.08 bits per heavy atom. The third-order valence-corrected chi connectivity index (χ3v) is 7.12. The quantitative estimate of drug-likeness (QED) is 0.874. The van der Waals surface area contributed by atoms with Crippen LogP contribution in [0.15, 0.2) is 11.4 Å². The van der Waals surface area contributed by atoms with Crippen molar-refractivity contribution in [3.63, 3.8) is 0 Å². The summed E-state index contributed by atoms with van der Waals surface area (Å²) in [5, 5.41) is 12.6. The van der Waals surface area contributed by atoms with Crippen LogP contribution in [0.3, 0.4) is 0 Å². The summed E-state index contributed by atoms with van der Waals surface area (Å²) in [5.41, 5.74) is -0.497. The Balaban J connectivity index is 1.44. The van der Waals surface area contributed by atoms with Gasteiger partial charge in [-0.05, 0) is 49.5 Å². The first-order valence-corrected chi connectivity index (χ1v) is 10.2. The molecule has 2 saturated heterocycles. The number of hydrogen-bond acceptors (Lipinski definition) is 4. The Morgan fingerprint density at radius 1 is 1.36 bits per heavy atom. The van der Waals surface area contributed by atoms with Crippen molar-refractivity contribution in [2.75, 3.05) is 26.2 Å². The Bertz CT molecular complexity index is 678. The molecular weight excluding hydrogens is 360 g/mol. The summed E-state index contributed by atoms with van der Waals surface area (Å²) in [5.74, 6) is 0.758. The maximum absolute atomic E-state index is 13.1. The van der Waals surface area contributed by atoms with Crippen molar-refractivity contribution < 1.29 is 14.7 Å². The van der Waals surface area contributed by atoms with Gasteiger partial charge in [-0.1, -0.05) is 11.6 Å². The lowest BCUT2D eigenvalue weighted by atomic mass is 9.70. The third kappa shape index (κ3) is 3.32. The van der Waals surface area contributed by atoms with Crippen LogP contribution in [0.4, 0.5) is 0 Å². The first kappa shape index (κ1) is 17.3. The fourth-order valence-corrected chi connectivity index (χ4v) is 5.29. The van der Waals surface area contributed by atoms with Gasteiger partial charge in [0.15, 0.2) is 0 Å². The number of thiophene rings is 1. The van der Waals surface area contributed by atoms with Gasteiger partial charge in [0.1, 0.15) is 4.88 Å². The number of halogens is 1. The number of hydrogen-bond donors (Lipinski definition) is 1. The van der Waals surface area contributed by atoms with Gasteiger partial charge in [-0.15, -0.1) is 11.3 Å². The molecule has 4 rings (SSSR count). The highest BCUT2D eigenvalue weighted by atomic mass is 35.5. The number of β-amino-alcohol motifs (C(OH)–C–C–N with tert-alkyl or cyclic N) is 1. The molecule has 7 heteroatoms. The van der Waals surface area contributed by atoms with E-state index >= 15 is 0 Å². The standard InChI is InChI=1S/C18H23ClN2O3S/c19-14-3-8-25-15(14)16(23)20-6-4-18(5-7-20)9-13(22)11-21(17(18)24)10-12-1-2-12/h3,8,12-13,22H,1-2,4-7,9-11H2. The Morgan fingerprint density at radius 3 is 2.68 bits per heavy atom. The van der Waals surface area contributed by atoms with E-state index in [9.17, 15) is 14.7 Å². The van der Waals surface area contributed by atoms with Crippen molar-refractivity contribution in [2.45, 2.75) is 38.2 Å². The highest BCUT2D eigenvalue weighted by molar-refractivity contribution is 7.12. The first-order chi connectivity index (χ1) is 12.0. The SMILES string of the molecule is O=C(c1sccc1Cl)N1CCC2(CC1)CC(O)CN(CC1CC1)C2=O. The van der Waals surface area contributed by atoms with E-state index in [1.807, 2.05) is 10.3 Å². The molecule has 2 aliphatic heterocycles. The first-order valence-electron chi connectivity index (χ1n) is 8.98. The summed E-state index contributed by atoms with van der Waals surface area (Å²) >= 11 is 7.44. The summed E-state index contributed by atoms with van der Waals surface area (Å²) in [6.07, 6.45) is 3.70. The van der Waals surface area contributed by atoms with Gasteiger partial charge < -0.3 is 14.9 Å². The maximum Gasteiger partial charge on any atom is 0.265 e. The van der Waals surface area contributed by atoms with Crippen LogP contribution in [-0.2, 0) is 4.79 Å². The summed E-state index contributed by atoms with van der Waals surface area (Å²) in [6, 6.07) is 1.74. The summed E-state index contributed by atoms with van der Waals surface area (Å²) in [4.78, 5) is 29.9. The van der Waals surface area contributed by atoms with Crippen molar-refractivity contribution in [3.8, 4) is 0 Å². The molecule has 1 spiro atoms. The zero-order valence-electron chi connectivity index (χ0n) is 14.1. The Kier molecular flexibility index (Phi) is 4.54.